The van der Waals surface area contributed by atoms with Gasteiger partial charge in [0, 0.05) is 33.2 Å². The largest absolute Gasteiger partial charge is 0.357 e. The maximum absolute atomic E-state index is 6.36. The molecule has 134 valence electrons. The Hall–Kier alpha value is -1.89. The van der Waals surface area contributed by atoms with Gasteiger partial charge in [-0.05, 0) is 38.5 Å². The number of hydrogen-bond donors (Lipinski definition) is 1. The van der Waals surface area contributed by atoms with Crippen LogP contribution in [0.5, 0.6) is 0 Å². The number of halogens is 1. The zero-order valence-corrected chi connectivity index (χ0v) is 15.4. The third-order valence-corrected chi connectivity index (χ3v) is 5.25. The highest BCUT2D eigenvalue weighted by atomic mass is 35.5. The van der Waals surface area contributed by atoms with Gasteiger partial charge >= 0.3 is 0 Å². The molecule has 0 aliphatic carbocycles. The zero-order valence-electron chi connectivity index (χ0n) is 14.6. The van der Waals surface area contributed by atoms with Crippen LogP contribution >= 0.6 is 11.6 Å². The number of aromatic nitrogens is 4. The maximum Gasteiger partial charge on any atom is 0.226 e. The summed E-state index contributed by atoms with van der Waals surface area (Å²) < 4.78 is 0. The van der Waals surface area contributed by atoms with Gasteiger partial charge in [-0.3, -0.25) is 0 Å². The zero-order chi connectivity index (χ0) is 17.2. The Bertz CT molecular complexity index is 754. The predicted molar refractivity (Wildman–Crippen MR) is 102 cm³/mol. The Balaban J connectivity index is 1.84. The van der Waals surface area contributed by atoms with Crippen LogP contribution in [0, 0.1) is 0 Å². The second-order valence-electron chi connectivity index (χ2n) is 6.73. The fraction of sp³-hybridized carbons (Fsp3) is 0.647. The monoisotopic (exact) mass is 361 g/mol. The van der Waals surface area contributed by atoms with Gasteiger partial charge in [0.1, 0.15) is 5.52 Å². The molecule has 4 rings (SSSR count). The third-order valence-electron chi connectivity index (χ3n) is 4.99. The maximum atomic E-state index is 6.36. The van der Waals surface area contributed by atoms with E-state index < -0.39 is 0 Å². The van der Waals surface area contributed by atoms with Crippen molar-refractivity contribution >= 4 is 40.3 Å². The molecule has 2 aliphatic rings. The van der Waals surface area contributed by atoms with Crippen LogP contribution in [0.1, 0.15) is 38.5 Å². The van der Waals surface area contributed by atoms with Gasteiger partial charge in [0.05, 0.1) is 0 Å². The van der Waals surface area contributed by atoms with Crippen LogP contribution in [0.15, 0.2) is 0 Å². The topological polar surface area (TPSA) is 70.1 Å². The number of anilines is 3. The molecule has 2 fully saturated rings. The predicted octanol–water partition coefficient (Wildman–Crippen LogP) is 3.10. The van der Waals surface area contributed by atoms with Gasteiger partial charge in [0.15, 0.2) is 22.4 Å². The van der Waals surface area contributed by atoms with E-state index in [1.807, 2.05) is 0 Å². The average Bonchev–Trinajstić information content (AvgIpc) is 2.68. The van der Waals surface area contributed by atoms with Crippen molar-refractivity contribution in [3.63, 3.8) is 0 Å². The lowest BCUT2D eigenvalue weighted by atomic mass is 10.1. The number of nitrogens with one attached hydrogen (secondary N) is 1. The summed E-state index contributed by atoms with van der Waals surface area (Å²) in [5, 5.41) is 3.29. The highest BCUT2D eigenvalue weighted by Crippen LogP contribution is 2.33. The Morgan fingerprint density at radius 2 is 1.32 bits per heavy atom. The molecule has 7 nitrogen and oxygen atoms in total. The molecular formula is C17H24ClN7. The Morgan fingerprint density at radius 1 is 0.760 bits per heavy atom. The van der Waals surface area contributed by atoms with E-state index in [1.54, 1.807) is 7.05 Å². The van der Waals surface area contributed by atoms with E-state index in [0.717, 1.165) is 37.8 Å². The molecule has 2 aromatic heterocycles. The molecule has 2 saturated heterocycles. The van der Waals surface area contributed by atoms with Gasteiger partial charge in [-0.1, -0.05) is 11.6 Å². The van der Waals surface area contributed by atoms with Crippen molar-refractivity contribution in [3.05, 3.63) is 5.15 Å². The molecule has 0 radical (unpaired) electrons. The van der Waals surface area contributed by atoms with E-state index in [9.17, 15) is 0 Å². The molecule has 0 spiro atoms. The standard InChI is InChI=1S/C17H24ClN7/c1-19-17-21-13(18)12-14(23-17)22-16(25-10-6-3-7-11-25)15(20-12)24-8-4-2-5-9-24/h2-11H2,1H3,(H,19,21,22,23). The van der Waals surface area contributed by atoms with Gasteiger partial charge in [0.2, 0.25) is 5.95 Å². The molecule has 25 heavy (non-hydrogen) atoms. The second-order valence-corrected chi connectivity index (χ2v) is 7.08. The van der Waals surface area contributed by atoms with Crippen LogP contribution in [0.25, 0.3) is 11.2 Å². The third kappa shape index (κ3) is 3.29. The normalized spacial score (nSPS) is 18.6. The van der Waals surface area contributed by atoms with E-state index in [2.05, 4.69) is 25.1 Å². The molecule has 2 aliphatic heterocycles. The molecule has 2 aromatic rings. The summed E-state index contributed by atoms with van der Waals surface area (Å²) >= 11 is 6.36. The molecule has 8 heteroatoms. The van der Waals surface area contributed by atoms with E-state index in [-0.39, 0.29) is 0 Å². The number of piperidine rings is 2. The first-order chi connectivity index (χ1) is 12.3. The molecule has 0 bridgehead atoms. The van der Waals surface area contributed by atoms with E-state index >= 15 is 0 Å². The molecule has 0 atom stereocenters. The van der Waals surface area contributed by atoms with E-state index in [4.69, 9.17) is 21.6 Å². The Labute approximate surface area is 152 Å². The van der Waals surface area contributed by atoms with Crippen molar-refractivity contribution < 1.29 is 0 Å². The van der Waals surface area contributed by atoms with Crippen molar-refractivity contribution in [2.75, 3.05) is 48.3 Å². The van der Waals surface area contributed by atoms with Crippen LogP contribution in [0.2, 0.25) is 5.15 Å². The van der Waals surface area contributed by atoms with E-state index in [0.29, 0.717) is 22.3 Å². The summed E-state index contributed by atoms with van der Waals surface area (Å²) in [7, 11) is 1.78. The molecule has 0 aromatic carbocycles. The van der Waals surface area contributed by atoms with E-state index in [1.165, 1.54) is 38.5 Å². The lowest BCUT2D eigenvalue weighted by Gasteiger charge is -2.34. The highest BCUT2D eigenvalue weighted by Gasteiger charge is 2.24. The SMILES string of the molecule is CNc1nc(Cl)c2nc(N3CCCCC3)c(N3CCCCC3)nc2n1. The number of fused-ring (bicyclic) bond motifs is 1. The Morgan fingerprint density at radius 3 is 1.88 bits per heavy atom. The summed E-state index contributed by atoms with van der Waals surface area (Å²) in [5.41, 5.74) is 1.15. The molecule has 4 heterocycles. The summed E-state index contributed by atoms with van der Waals surface area (Å²) in [6, 6.07) is 0. The smallest absolute Gasteiger partial charge is 0.226 e. The second kappa shape index (κ2) is 7.15. The fourth-order valence-electron chi connectivity index (χ4n) is 3.64. The fourth-order valence-corrected chi connectivity index (χ4v) is 3.85. The Kier molecular flexibility index (Phi) is 4.74. The number of hydrogen-bond acceptors (Lipinski definition) is 7. The lowest BCUT2D eigenvalue weighted by molar-refractivity contribution is 0.559. The highest BCUT2D eigenvalue weighted by molar-refractivity contribution is 6.33. The minimum atomic E-state index is 0.352. The van der Waals surface area contributed by atoms with Gasteiger partial charge in [-0.25, -0.2) is 9.97 Å². The van der Waals surface area contributed by atoms with Crippen molar-refractivity contribution in [2.24, 2.45) is 0 Å². The van der Waals surface area contributed by atoms with Crippen molar-refractivity contribution in [2.45, 2.75) is 38.5 Å². The van der Waals surface area contributed by atoms with Crippen molar-refractivity contribution in [1.82, 2.24) is 19.9 Å². The van der Waals surface area contributed by atoms with Crippen LogP contribution in [0.3, 0.4) is 0 Å². The summed E-state index contributed by atoms with van der Waals surface area (Å²) in [5.74, 6) is 2.37. The molecule has 0 unspecified atom stereocenters. The van der Waals surface area contributed by atoms with Gasteiger partial charge in [-0.2, -0.15) is 9.97 Å². The molecular weight excluding hydrogens is 338 g/mol. The average molecular weight is 362 g/mol. The summed E-state index contributed by atoms with van der Waals surface area (Å²) in [6.45, 7) is 4.10. The van der Waals surface area contributed by atoms with Crippen molar-refractivity contribution in [1.29, 1.82) is 0 Å². The van der Waals surface area contributed by atoms with Gasteiger partial charge in [-0.15, -0.1) is 0 Å². The molecule has 0 saturated carbocycles. The summed E-state index contributed by atoms with van der Waals surface area (Å²) in [4.78, 5) is 23.2. The van der Waals surface area contributed by atoms with Gasteiger partial charge < -0.3 is 15.1 Å². The van der Waals surface area contributed by atoms with Crippen LogP contribution < -0.4 is 15.1 Å². The number of nitrogens with zero attached hydrogens (tertiary/aromatic N) is 6. The molecule has 1 N–H and O–H groups in total. The molecule has 0 amide bonds. The van der Waals surface area contributed by atoms with Gasteiger partial charge in [0.25, 0.3) is 0 Å². The summed E-state index contributed by atoms with van der Waals surface area (Å²) in [6.07, 6.45) is 7.36. The van der Waals surface area contributed by atoms with Crippen LogP contribution in [0.4, 0.5) is 17.6 Å². The van der Waals surface area contributed by atoms with Crippen LogP contribution in [-0.2, 0) is 0 Å². The first-order valence-corrected chi connectivity index (χ1v) is 9.57. The quantitative estimate of drug-likeness (QED) is 0.842. The first kappa shape index (κ1) is 16.6. The van der Waals surface area contributed by atoms with Crippen molar-refractivity contribution in [3.8, 4) is 0 Å². The lowest BCUT2D eigenvalue weighted by Crippen LogP contribution is -2.36. The van der Waals surface area contributed by atoms with Crippen LogP contribution in [-0.4, -0.2) is 53.2 Å². The number of rotatable bonds is 3. The first-order valence-electron chi connectivity index (χ1n) is 9.19. The minimum Gasteiger partial charge on any atom is -0.357 e. The minimum absolute atomic E-state index is 0.352.